The number of anilines is 1. The molecule has 4 nitrogen and oxygen atoms in total. The van der Waals surface area contributed by atoms with Gasteiger partial charge in [0.1, 0.15) is 11.6 Å². The summed E-state index contributed by atoms with van der Waals surface area (Å²) in [5.41, 5.74) is 4.66. The summed E-state index contributed by atoms with van der Waals surface area (Å²) < 4.78 is 25.5. The number of benzene rings is 1. The molecule has 0 unspecified atom stereocenters. The summed E-state index contributed by atoms with van der Waals surface area (Å²) in [7, 11) is 0. The minimum absolute atomic E-state index is 0.110. The number of carbonyl (C=O) groups is 1. The average molecular weight is 250 g/mol. The summed E-state index contributed by atoms with van der Waals surface area (Å²) in [5, 5.41) is 2.40. The first-order valence-electron chi connectivity index (χ1n) is 4.43. The average Bonchev–Trinajstić information content (AvgIpc) is 2.22. The van der Waals surface area contributed by atoms with E-state index in [0.29, 0.717) is 6.54 Å². The number of hydrogen-bond donors (Lipinski definition) is 3. The molecule has 0 spiro atoms. The Morgan fingerprint density at radius 3 is 2.44 bits per heavy atom. The molecule has 1 aromatic rings. The van der Waals surface area contributed by atoms with Gasteiger partial charge in [-0.3, -0.25) is 10.9 Å². The number of nitrogens with one attached hydrogen (secondary N) is 3. The van der Waals surface area contributed by atoms with Gasteiger partial charge in [-0.15, -0.1) is 11.6 Å². The highest BCUT2D eigenvalue weighted by Crippen LogP contribution is 2.11. The predicted molar refractivity (Wildman–Crippen MR) is 57.2 cm³/mol. The fourth-order valence-corrected chi connectivity index (χ4v) is 1.05. The third kappa shape index (κ3) is 4.31. The number of halogens is 3. The Labute approximate surface area is 95.9 Å². The Balaban J connectivity index is 2.45. The molecular formula is C9H10ClF2N3O. The molecule has 0 bridgehead atoms. The maximum atomic E-state index is 12.7. The highest BCUT2D eigenvalue weighted by Gasteiger charge is 2.01. The van der Waals surface area contributed by atoms with Crippen molar-refractivity contribution in [3.8, 4) is 0 Å². The topological polar surface area (TPSA) is 53.2 Å². The minimum Gasteiger partial charge on any atom is -0.336 e. The first kappa shape index (κ1) is 12.5. The smallest absolute Gasteiger partial charge is 0.333 e. The SMILES string of the molecule is O=C(NCCCl)NNc1cc(F)cc(F)c1. The monoisotopic (exact) mass is 249 g/mol. The quantitative estimate of drug-likeness (QED) is 0.563. The first-order chi connectivity index (χ1) is 7.61. The standard InChI is InChI=1S/C9H10ClF2N3O/c10-1-2-13-9(16)15-14-8-4-6(11)3-7(12)5-8/h3-5,14H,1-2H2,(H2,13,15,16). The van der Waals surface area contributed by atoms with Crippen LogP contribution in [-0.2, 0) is 0 Å². The van der Waals surface area contributed by atoms with Gasteiger partial charge in [-0.05, 0) is 12.1 Å². The molecule has 1 rings (SSSR count). The second kappa shape index (κ2) is 6.12. The van der Waals surface area contributed by atoms with Crippen LogP contribution in [0.5, 0.6) is 0 Å². The molecule has 1 aromatic carbocycles. The molecule has 3 N–H and O–H groups in total. The van der Waals surface area contributed by atoms with Gasteiger partial charge in [0.2, 0.25) is 0 Å². The highest BCUT2D eigenvalue weighted by molar-refractivity contribution is 6.18. The van der Waals surface area contributed by atoms with Crippen molar-refractivity contribution in [2.45, 2.75) is 0 Å². The molecule has 88 valence electrons. The Hall–Kier alpha value is -1.56. The molecule has 0 heterocycles. The molecule has 0 radical (unpaired) electrons. The summed E-state index contributed by atoms with van der Waals surface area (Å²) in [6.45, 7) is 0.298. The number of urea groups is 1. The van der Waals surface area contributed by atoms with Crippen molar-refractivity contribution in [3.63, 3.8) is 0 Å². The lowest BCUT2D eigenvalue weighted by Gasteiger charge is -2.09. The second-order valence-electron chi connectivity index (χ2n) is 2.85. The van der Waals surface area contributed by atoms with Gasteiger partial charge in [0.25, 0.3) is 0 Å². The predicted octanol–water partition coefficient (Wildman–Crippen LogP) is 1.83. The van der Waals surface area contributed by atoms with E-state index in [1.807, 2.05) is 0 Å². The molecule has 0 saturated carbocycles. The van der Waals surface area contributed by atoms with Crippen LogP contribution >= 0.6 is 11.6 Å². The summed E-state index contributed by atoms with van der Waals surface area (Å²) in [6, 6.07) is 2.29. The maximum absolute atomic E-state index is 12.7. The summed E-state index contributed by atoms with van der Waals surface area (Å²) in [5.74, 6) is -1.18. The van der Waals surface area contributed by atoms with Crippen LogP contribution in [0.4, 0.5) is 19.3 Å². The van der Waals surface area contributed by atoms with Gasteiger partial charge in [0.15, 0.2) is 0 Å². The van der Waals surface area contributed by atoms with Crippen LogP contribution in [0.15, 0.2) is 18.2 Å². The van der Waals surface area contributed by atoms with E-state index in [2.05, 4.69) is 16.2 Å². The van der Waals surface area contributed by atoms with Gasteiger partial charge in [0.05, 0.1) is 5.69 Å². The fraction of sp³-hybridized carbons (Fsp3) is 0.222. The maximum Gasteiger partial charge on any atom is 0.333 e. The molecule has 0 aliphatic rings. The van der Waals surface area contributed by atoms with E-state index >= 15 is 0 Å². The third-order valence-electron chi connectivity index (χ3n) is 1.56. The molecule has 0 fully saturated rings. The minimum atomic E-state index is -0.731. The lowest BCUT2D eigenvalue weighted by atomic mass is 10.3. The molecular weight excluding hydrogens is 240 g/mol. The van der Waals surface area contributed by atoms with Crippen molar-refractivity contribution >= 4 is 23.3 Å². The zero-order chi connectivity index (χ0) is 12.0. The van der Waals surface area contributed by atoms with Gasteiger partial charge in [-0.25, -0.2) is 13.6 Å². The number of amides is 2. The number of hydrazine groups is 1. The summed E-state index contributed by atoms with van der Waals surface area (Å²) in [6.07, 6.45) is 0. The van der Waals surface area contributed by atoms with Crippen LogP contribution in [0, 0.1) is 11.6 Å². The van der Waals surface area contributed by atoms with Gasteiger partial charge in [-0.1, -0.05) is 0 Å². The van der Waals surface area contributed by atoms with Gasteiger partial charge in [-0.2, -0.15) is 0 Å². The molecule has 0 aliphatic heterocycles. The van der Waals surface area contributed by atoms with Crippen LogP contribution in [0.25, 0.3) is 0 Å². The second-order valence-corrected chi connectivity index (χ2v) is 3.23. The lowest BCUT2D eigenvalue weighted by molar-refractivity contribution is 0.243. The fourth-order valence-electron chi connectivity index (χ4n) is 0.960. The van der Waals surface area contributed by atoms with E-state index in [1.54, 1.807) is 0 Å². The normalized spacial score (nSPS) is 9.69. The van der Waals surface area contributed by atoms with E-state index in [4.69, 9.17) is 11.6 Å². The molecule has 0 atom stereocenters. The van der Waals surface area contributed by atoms with E-state index in [-0.39, 0.29) is 11.6 Å². The van der Waals surface area contributed by atoms with E-state index < -0.39 is 17.7 Å². The van der Waals surface area contributed by atoms with E-state index in [9.17, 15) is 13.6 Å². The van der Waals surface area contributed by atoms with E-state index in [1.165, 1.54) is 0 Å². The lowest BCUT2D eigenvalue weighted by Crippen LogP contribution is -2.39. The number of carbonyl (C=O) groups excluding carboxylic acids is 1. The molecule has 0 aromatic heterocycles. The molecule has 7 heteroatoms. The van der Waals surface area contributed by atoms with Gasteiger partial charge < -0.3 is 5.32 Å². The third-order valence-corrected chi connectivity index (χ3v) is 1.75. The van der Waals surface area contributed by atoms with Crippen molar-refractivity contribution in [1.82, 2.24) is 10.7 Å². The largest absolute Gasteiger partial charge is 0.336 e. The Bertz CT molecular complexity index is 356. The number of alkyl halides is 1. The highest BCUT2D eigenvalue weighted by atomic mass is 35.5. The zero-order valence-corrected chi connectivity index (χ0v) is 8.94. The van der Waals surface area contributed by atoms with Crippen LogP contribution in [0.2, 0.25) is 0 Å². The van der Waals surface area contributed by atoms with Crippen LogP contribution < -0.4 is 16.2 Å². The number of rotatable bonds is 4. The zero-order valence-electron chi connectivity index (χ0n) is 8.19. The van der Waals surface area contributed by atoms with Crippen molar-refractivity contribution in [2.75, 3.05) is 17.9 Å². The summed E-state index contributed by atoms with van der Waals surface area (Å²) in [4.78, 5) is 11.0. The Kier molecular flexibility index (Phi) is 4.78. The Morgan fingerprint density at radius 1 is 1.25 bits per heavy atom. The molecule has 0 saturated heterocycles. The van der Waals surface area contributed by atoms with E-state index in [0.717, 1.165) is 18.2 Å². The van der Waals surface area contributed by atoms with Gasteiger partial charge in [0, 0.05) is 18.5 Å². The van der Waals surface area contributed by atoms with Crippen molar-refractivity contribution in [2.24, 2.45) is 0 Å². The Morgan fingerprint density at radius 2 is 1.88 bits per heavy atom. The van der Waals surface area contributed by atoms with Crippen LogP contribution in [0.1, 0.15) is 0 Å². The van der Waals surface area contributed by atoms with Crippen molar-refractivity contribution in [1.29, 1.82) is 0 Å². The van der Waals surface area contributed by atoms with Crippen LogP contribution in [-0.4, -0.2) is 18.5 Å². The molecule has 2 amide bonds. The molecule has 0 aliphatic carbocycles. The van der Waals surface area contributed by atoms with Crippen molar-refractivity contribution < 1.29 is 13.6 Å². The van der Waals surface area contributed by atoms with Crippen LogP contribution in [0.3, 0.4) is 0 Å². The number of hydrogen-bond acceptors (Lipinski definition) is 2. The summed E-state index contributed by atoms with van der Waals surface area (Å²) >= 11 is 5.34. The van der Waals surface area contributed by atoms with Crippen molar-refractivity contribution in [3.05, 3.63) is 29.8 Å². The molecule has 16 heavy (non-hydrogen) atoms. The van der Waals surface area contributed by atoms with Gasteiger partial charge >= 0.3 is 6.03 Å². The first-order valence-corrected chi connectivity index (χ1v) is 4.97.